The molecule has 3 heterocycles. The Morgan fingerprint density at radius 3 is 2.83 bits per heavy atom. The molecular weight excluding hydrogens is 368 g/mol. The number of fused-ring (bicyclic) bond motifs is 3. The number of carbonyl (C=O) groups is 2. The highest BCUT2D eigenvalue weighted by Gasteiger charge is 2.58. The smallest absolute Gasteiger partial charge is 0.244 e. The van der Waals surface area contributed by atoms with Gasteiger partial charge in [0.05, 0.1) is 30.4 Å². The third-order valence-corrected chi connectivity index (χ3v) is 7.36. The van der Waals surface area contributed by atoms with Crippen molar-refractivity contribution in [3.8, 4) is 11.3 Å². The lowest BCUT2D eigenvalue weighted by Gasteiger charge is -2.58. The van der Waals surface area contributed by atoms with E-state index in [0.29, 0.717) is 19.5 Å². The molecule has 3 aliphatic rings. The second-order valence-electron chi connectivity index (χ2n) is 8.72. The van der Waals surface area contributed by atoms with Crippen LogP contribution in [-0.4, -0.2) is 57.1 Å². The SMILES string of the molecule is CC(NC=O)C(=O)N1CCC2(CC1)CC(C1c3ccccc3-c3cncn31)C2O. The molecule has 29 heavy (non-hydrogen) atoms. The van der Waals surface area contributed by atoms with E-state index in [2.05, 4.69) is 33.1 Å². The fraction of sp³-hybridized carbons (Fsp3) is 0.500. The number of benzene rings is 1. The first-order chi connectivity index (χ1) is 14.1. The van der Waals surface area contributed by atoms with Crippen molar-refractivity contribution in [1.82, 2.24) is 19.8 Å². The van der Waals surface area contributed by atoms with E-state index < -0.39 is 12.1 Å². The van der Waals surface area contributed by atoms with Crippen LogP contribution < -0.4 is 5.32 Å². The third kappa shape index (κ3) is 2.64. The maximum Gasteiger partial charge on any atom is 0.244 e. The number of hydrogen-bond donors (Lipinski definition) is 2. The van der Waals surface area contributed by atoms with E-state index in [4.69, 9.17) is 0 Å². The monoisotopic (exact) mass is 394 g/mol. The number of imidazole rings is 1. The van der Waals surface area contributed by atoms with E-state index in [1.54, 1.807) is 6.92 Å². The first kappa shape index (κ1) is 18.4. The molecule has 1 saturated carbocycles. The van der Waals surface area contributed by atoms with Gasteiger partial charge in [-0.2, -0.15) is 0 Å². The Labute approximate surface area is 169 Å². The summed E-state index contributed by atoms with van der Waals surface area (Å²) in [6, 6.07) is 8.02. The summed E-state index contributed by atoms with van der Waals surface area (Å²) < 4.78 is 2.21. The van der Waals surface area contributed by atoms with Gasteiger partial charge in [0.1, 0.15) is 6.04 Å². The zero-order valence-electron chi connectivity index (χ0n) is 16.5. The van der Waals surface area contributed by atoms with Gasteiger partial charge in [-0.3, -0.25) is 9.59 Å². The van der Waals surface area contributed by atoms with Gasteiger partial charge in [-0.15, -0.1) is 0 Å². The van der Waals surface area contributed by atoms with Gasteiger partial charge < -0.3 is 19.9 Å². The Hall–Kier alpha value is -2.67. The molecule has 4 atom stereocenters. The van der Waals surface area contributed by atoms with Crippen LogP contribution in [0, 0.1) is 11.3 Å². The Morgan fingerprint density at radius 1 is 1.34 bits per heavy atom. The van der Waals surface area contributed by atoms with Gasteiger partial charge in [-0.1, -0.05) is 24.3 Å². The molecule has 2 amide bonds. The lowest BCUT2D eigenvalue weighted by molar-refractivity contribution is -0.165. The minimum Gasteiger partial charge on any atom is -0.392 e. The summed E-state index contributed by atoms with van der Waals surface area (Å²) in [6.45, 7) is 2.96. The fourth-order valence-corrected chi connectivity index (χ4v) is 5.71. The van der Waals surface area contributed by atoms with Crippen molar-refractivity contribution in [3.63, 3.8) is 0 Å². The summed E-state index contributed by atoms with van der Waals surface area (Å²) in [4.78, 5) is 29.2. The normalized spacial score (nSPS) is 27.7. The second-order valence-corrected chi connectivity index (χ2v) is 8.72. The second kappa shape index (κ2) is 6.69. The van der Waals surface area contributed by atoms with Gasteiger partial charge in [0, 0.05) is 30.0 Å². The molecule has 7 nitrogen and oxygen atoms in total. The minimum absolute atomic E-state index is 0.0508. The van der Waals surface area contributed by atoms with E-state index in [0.717, 1.165) is 25.0 Å². The molecule has 4 unspecified atom stereocenters. The highest BCUT2D eigenvalue weighted by atomic mass is 16.3. The first-order valence-electron chi connectivity index (χ1n) is 10.3. The number of likely N-dealkylation sites (tertiary alicyclic amines) is 1. The van der Waals surface area contributed by atoms with Gasteiger partial charge in [-0.25, -0.2) is 4.98 Å². The molecule has 0 radical (unpaired) electrons. The number of aromatic nitrogens is 2. The number of piperidine rings is 1. The van der Waals surface area contributed by atoms with Crippen molar-refractivity contribution in [2.24, 2.45) is 11.3 Å². The van der Waals surface area contributed by atoms with Gasteiger partial charge in [0.15, 0.2) is 0 Å². The van der Waals surface area contributed by atoms with Crippen molar-refractivity contribution in [1.29, 1.82) is 0 Å². The summed E-state index contributed by atoms with van der Waals surface area (Å²) >= 11 is 0. The summed E-state index contributed by atoms with van der Waals surface area (Å²) in [7, 11) is 0. The van der Waals surface area contributed by atoms with E-state index >= 15 is 0 Å². The standard InChI is InChI=1S/C22H26N4O3/c1-14(24-13-27)21(29)25-8-6-22(7-9-25)10-17(20(22)28)19-16-5-3-2-4-15(16)18-11-23-12-26(18)19/h2-5,11-14,17,19-20,28H,6-10H2,1H3,(H,24,27). The van der Waals surface area contributed by atoms with E-state index in [1.807, 2.05) is 23.5 Å². The summed E-state index contributed by atoms with van der Waals surface area (Å²) in [5.41, 5.74) is 3.49. The van der Waals surface area contributed by atoms with Crippen LogP contribution in [0.3, 0.4) is 0 Å². The number of amides is 2. The third-order valence-electron chi connectivity index (χ3n) is 7.36. The molecule has 1 aromatic heterocycles. The van der Waals surface area contributed by atoms with Crippen LogP contribution in [0.5, 0.6) is 0 Å². The fourth-order valence-electron chi connectivity index (χ4n) is 5.71. The van der Waals surface area contributed by atoms with Gasteiger partial charge >= 0.3 is 0 Å². The molecule has 0 bridgehead atoms. The number of carbonyl (C=O) groups excluding carboxylic acids is 2. The molecule has 2 aromatic rings. The topological polar surface area (TPSA) is 87.5 Å². The zero-order valence-corrected chi connectivity index (χ0v) is 16.5. The zero-order chi connectivity index (χ0) is 20.2. The number of aliphatic hydroxyl groups is 1. The Kier molecular flexibility index (Phi) is 4.24. The van der Waals surface area contributed by atoms with Gasteiger partial charge in [-0.05, 0) is 31.7 Å². The molecule has 1 saturated heterocycles. The molecule has 152 valence electrons. The molecule has 1 aliphatic carbocycles. The molecule has 2 fully saturated rings. The maximum atomic E-state index is 12.4. The number of nitrogens with zero attached hydrogens (tertiary/aromatic N) is 3. The summed E-state index contributed by atoms with van der Waals surface area (Å²) in [5, 5.41) is 13.8. The van der Waals surface area contributed by atoms with E-state index in [9.17, 15) is 14.7 Å². The van der Waals surface area contributed by atoms with Crippen molar-refractivity contribution in [2.45, 2.75) is 44.4 Å². The highest BCUT2D eigenvalue weighted by molar-refractivity contribution is 5.83. The Balaban J connectivity index is 1.30. The Bertz CT molecular complexity index is 947. The van der Waals surface area contributed by atoms with Crippen LogP contribution in [0.15, 0.2) is 36.8 Å². The van der Waals surface area contributed by atoms with Crippen LogP contribution in [0.2, 0.25) is 0 Å². The quantitative estimate of drug-likeness (QED) is 0.771. The number of hydrogen-bond acceptors (Lipinski definition) is 4. The summed E-state index contributed by atoms with van der Waals surface area (Å²) in [5.74, 6) is 0.106. The lowest BCUT2D eigenvalue weighted by atomic mass is 9.53. The average molecular weight is 394 g/mol. The number of rotatable bonds is 4. The average Bonchev–Trinajstić information content (AvgIpc) is 3.33. The van der Waals surface area contributed by atoms with Crippen LogP contribution in [-0.2, 0) is 9.59 Å². The van der Waals surface area contributed by atoms with Crippen molar-refractivity contribution in [2.75, 3.05) is 13.1 Å². The molecule has 7 heteroatoms. The molecule has 2 aliphatic heterocycles. The van der Waals surface area contributed by atoms with E-state index in [-0.39, 0.29) is 23.3 Å². The van der Waals surface area contributed by atoms with Crippen LogP contribution in [0.25, 0.3) is 11.3 Å². The van der Waals surface area contributed by atoms with Crippen molar-refractivity contribution < 1.29 is 14.7 Å². The number of nitrogens with one attached hydrogen (secondary N) is 1. The highest BCUT2D eigenvalue weighted by Crippen LogP contribution is 2.59. The van der Waals surface area contributed by atoms with Gasteiger partial charge in [0.2, 0.25) is 12.3 Å². The predicted octanol–water partition coefficient (Wildman–Crippen LogP) is 1.58. The first-order valence-corrected chi connectivity index (χ1v) is 10.3. The van der Waals surface area contributed by atoms with Crippen LogP contribution in [0.1, 0.15) is 37.8 Å². The lowest BCUT2D eigenvalue weighted by Crippen LogP contribution is -2.60. The largest absolute Gasteiger partial charge is 0.392 e. The Morgan fingerprint density at radius 2 is 2.10 bits per heavy atom. The van der Waals surface area contributed by atoms with Crippen LogP contribution >= 0.6 is 0 Å². The van der Waals surface area contributed by atoms with E-state index in [1.165, 1.54) is 11.1 Å². The van der Waals surface area contributed by atoms with Crippen LogP contribution in [0.4, 0.5) is 0 Å². The van der Waals surface area contributed by atoms with Crippen molar-refractivity contribution in [3.05, 3.63) is 42.4 Å². The van der Waals surface area contributed by atoms with Crippen molar-refractivity contribution >= 4 is 12.3 Å². The van der Waals surface area contributed by atoms with Gasteiger partial charge in [0.25, 0.3) is 0 Å². The molecular formula is C22H26N4O3. The minimum atomic E-state index is -0.504. The summed E-state index contributed by atoms with van der Waals surface area (Å²) in [6.07, 6.45) is 6.51. The molecule has 1 aromatic carbocycles. The maximum absolute atomic E-state index is 12.4. The molecule has 5 rings (SSSR count). The molecule has 1 spiro atoms. The number of aliphatic hydroxyl groups excluding tert-OH is 1. The molecule has 2 N–H and O–H groups in total. The predicted molar refractivity (Wildman–Crippen MR) is 107 cm³/mol.